The summed E-state index contributed by atoms with van der Waals surface area (Å²) in [7, 11) is 0. The highest BCUT2D eigenvalue weighted by Gasteiger charge is 2.15. The Morgan fingerprint density at radius 1 is 1.21 bits per heavy atom. The van der Waals surface area contributed by atoms with Gasteiger partial charge in [-0.05, 0) is 37.5 Å². The van der Waals surface area contributed by atoms with Crippen LogP contribution in [0.15, 0.2) is 48.7 Å². The summed E-state index contributed by atoms with van der Waals surface area (Å²) in [6.07, 6.45) is 3.62. The molecule has 2 heterocycles. The molecule has 1 aromatic heterocycles. The zero-order valence-electron chi connectivity index (χ0n) is 13.9. The predicted octanol–water partition coefficient (Wildman–Crippen LogP) is 3.23. The molecular weight excluding hydrogens is 302 g/mol. The van der Waals surface area contributed by atoms with Gasteiger partial charge in [0.15, 0.2) is 0 Å². The minimum absolute atomic E-state index is 0.165. The van der Waals surface area contributed by atoms with Crippen molar-refractivity contribution >= 4 is 17.4 Å². The molecule has 5 nitrogen and oxygen atoms in total. The summed E-state index contributed by atoms with van der Waals surface area (Å²) in [6.45, 7) is 4.29. The summed E-state index contributed by atoms with van der Waals surface area (Å²) < 4.78 is 5.63. The van der Waals surface area contributed by atoms with Gasteiger partial charge >= 0.3 is 0 Å². The van der Waals surface area contributed by atoms with Crippen molar-refractivity contribution in [2.24, 2.45) is 0 Å². The first-order valence-corrected chi connectivity index (χ1v) is 8.40. The van der Waals surface area contributed by atoms with Crippen LogP contribution in [-0.2, 0) is 16.1 Å². The molecule has 0 radical (unpaired) electrons. The zero-order valence-corrected chi connectivity index (χ0v) is 13.9. The van der Waals surface area contributed by atoms with E-state index in [9.17, 15) is 4.79 Å². The number of ether oxygens (including phenoxy) is 1. The summed E-state index contributed by atoms with van der Waals surface area (Å²) in [6, 6.07) is 13.7. The lowest BCUT2D eigenvalue weighted by Crippen LogP contribution is -2.27. The third-order valence-electron chi connectivity index (χ3n) is 4.16. The Labute approximate surface area is 142 Å². The molecule has 5 heteroatoms. The normalized spacial score (nSPS) is 15.3. The Bertz CT molecular complexity index is 652. The standard InChI is InChI=1S/C19H23N3O2/c1-15(24-14-16-7-3-2-4-8-16)19(23)21-17-9-10-18(20-13-17)22-11-5-6-12-22/h2-4,7-10,13,15H,5-6,11-12,14H2,1H3,(H,21,23). The second-order valence-corrected chi connectivity index (χ2v) is 6.03. The first-order valence-electron chi connectivity index (χ1n) is 8.40. The number of hydrogen-bond acceptors (Lipinski definition) is 4. The zero-order chi connectivity index (χ0) is 16.8. The number of nitrogens with zero attached hydrogens (tertiary/aromatic N) is 2. The highest BCUT2D eigenvalue weighted by atomic mass is 16.5. The molecule has 1 saturated heterocycles. The van der Waals surface area contributed by atoms with Gasteiger partial charge in [0.2, 0.25) is 0 Å². The fourth-order valence-electron chi connectivity index (χ4n) is 2.71. The molecule has 0 aliphatic carbocycles. The molecule has 0 bridgehead atoms. The minimum Gasteiger partial charge on any atom is -0.364 e. The van der Waals surface area contributed by atoms with Crippen LogP contribution in [-0.4, -0.2) is 30.1 Å². The molecule has 1 N–H and O–H groups in total. The SMILES string of the molecule is CC(OCc1ccccc1)C(=O)Nc1ccc(N2CCCC2)nc1. The average molecular weight is 325 g/mol. The fraction of sp³-hybridized carbons (Fsp3) is 0.368. The summed E-state index contributed by atoms with van der Waals surface area (Å²) in [5.74, 6) is 0.806. The van der Waals surface area contributed by atoms with Crippen molar-refractivity contribution in [2.45, 2.75) is 32.5 Å². The maximum atomic E-state index is 12.2. The Morgan fingerprint density at radius 3 is 2.62 bits per heavy atom. The summed E-state index contributed by atoms with van der Waals surface area (Å²) >= 11 is 0. The maximum absolute atomic E-state index is 12.2. The van der Waals surface area contributed by atoms with Crippen molar-refractivity contribution in [3.63, 3.8) is 0 Å². The van der Waals surface area contributed by atoms with E-state index < -0.39 is 6.10 Å². The van der Waals surface area contributed by atoms with E-state index in [4.69, 9.17) is 4.74 Å². The van der Waals surface area contributed by atoms with Gasteiger partial charge in [-0.2, -0.15) is 0 Å². The van der Waals surface area contributed by atoms with Crippen molar-refractivity contribution < 1.29 is 9.53 Å². The van der Waals surface area contributed by atoms with Gasteiger partial charge in [-0.15, -0.1) is 0 Å². The average Bonchev–Trinajstić information content (AvgIpc) is 3.16. The molecule has 126 valence electrons. The van der Waals surface area contributed by atoms with Crippen molar-refractivity contribution in [3.05, 3.63) is 54.2 Å². The van der Waals surface area contributed by atoms with Gasteiger partial charge in [-0.25, -0.2) is 4.98 Å². The van der Waals surface area contributed by atoms with Crippen molar-refractivity contribution in [1.29, 1.82) is 0 Å². The van der Waals surface area contributed by atoms with Gasteiger partial charge in [0.1, 0.15) is 11.9 Å². The Hall–Kier alpha value is -2.40. The number of pyridine rings is 1. The van der Waals surface area contributed by atoms with Gasteiger partial charge in [0, 0.05) is 13.1 Å². The van der Waals surface area contributed by atoms with Crippen LogP contribution in [0, 0.1) is 0 Å². The van der Waals surface area contributed by atoms with Gasteiger partial charge in [0.05, 0.1) is 18.5 Å². The predicted molar refractivity (Wildman–Crippen MR) is 95.0 cm³/mol. The molecular formula is C19H23N3O2. The van der Waals surface area contributed by atoms with E-state index in [0.29, 0.717) is 12.3 Å². The van der Waals surface area contributed by atoms with Gasteiger partial charge in [-0.1, -0.05) is 30.3 Å². The molecule has 24 heavy (non-hydrogen) atoms. The van der Waals surface area contributed by atoms with Crippen LogP contribution in [0.5, 0.6) is 0 Å². The van der Waals surface area contributed by atoms with Crippen molar-refractivity contribution in [2.75, 3.05) is 23.3 Å². The van der Waals surface area contributed by atoms with E-state index >= 15 is 0 Å². The molecule has 0 spiro atoms. The topological polar surface area (TPSA) is 54.5 Å². The second-order valence-electron chi connectivity index (χ2n) is 6.03. The lowest BCUT2D eigenvalue weighted by molar-refractivity contribution is -0.127. The molecule has 1 fully saturated rings. The number of aromatic nitrogens is 1. The number of benzene rings is 1. The molecule has 3 rings (SSSR count). The number of nitrogens with one attached hydrogen (secondary N) is 1. The molecule has 1 aliphatic rings. The molecule has 1 aromatic carbocycles. The van der Waals surface area contributed by atoms with E-state index in [1.54, 1.807) is 13.1 Å². The number of anilines is 2. The van der Waals surface area contributed by atoms with Crippen LogP contribution in [0.4, 0.5) is 11.5 Å². The lowest BCUT2D eigenvalue weighted by atomic mass is 10.2. The number of rotatable bonds is 6. The van der Waals surface area contributed by atoms with Crippen molar-refractivity contribution in [3.8, 4) is 0 Å². The number of hydrogen-bond donors (Lipinski definition) is 1. The van der Waals surface area contributed by atoms with E-state index in [1.165, 1.54) is 12.8 Å². The minimum atomic E-state index is -0.525. The van der Waals surface area contributed by atoms with Gasteiger partial charge < -0.3 is 15.0 Å². The van der Waals surface area contributed by atoms with E-state index in [1.807, 2.05) is 42.5 Å². The van der Waals surface area contributed by atoms with Crippen molar-refractivity contribution in [1.82, 2.24) is 4.98 Å². The first kappa shape index (κ1) is 16.5. The molecule has 1 aliphatic heterocycles. The second kappa shape index (κ2) is 7.93. The highest BCUT2D eigenvalue weighted by molar-refractivity contribution is 5.93. The Kier molecular flexibility index (Phi) is 5.43. The van der Waals surface area contributed by atoms with Gasteiger partial charge in [-0.3, -0.25) is 4.79 Å². The molecule has 1 atom stereocenters. The molecule has 1 unspecified atom stereocenters. The van der Waals surface area contributed by atoms with Crippen LogP contribution in [0.25, 0.3) is 0 Å². The van der Waals surface area contributed by atoms with E-state index in [2.05, 4.69) is 15.2 Å². The van der Waals surface area contributed by atoms with Crippen LogP contribution >= 0.6 is 0 Å². The highest BCUT2D eigenvalue weighted by Crippen LogP contribution is 2.19. The maximum Gasteiger partial charge on any atom is 0.253 e. The lowest BCUT2D eigenvalue weighted by Gasteiger charge is -2.17. The van der Waals surface area contributed by atoms with Crippen LogP contribution in [0.2, 0.25) is 0 Å². The van der Waals surface area contributed by atoms with Crippen LogP contribution < -0.4 is 10.2 Å². The van der Waals surface area contributed by atoms with Gasteiger partial charge in [0.25, 0.3) is 5.91 Å². The third kappa shape index (κ3) is 4.32. The summed E-state index contributed by atoms with van der Waals surface area (Å²) in [5.41, 5.74) is 1.74. The number of carbonyl (C=O) groups is 1. The first-order chi connectivity index (χ1) is 11.7. The van der Waals surface area contributed by atoms with Crippen LogP contribution in [0.1, 0.15) is 25.3 Å². The smallest absolute Gasteiger partial charge is 0.253 e. The molecule has 2 aromatic rings. The number of amides is 1. The fourth-order valence-corrected chi connectivity index (χ4v) is 2.71. The number of carbonyl (C=O) groups excluding carboxylic acids is 1. The van der Waals surface area contributed by atoms with E-state index in [-0.39, 0.29) is 5.91 Å². The largest absolute Gasteiger partial charge is 0.364 e. The Balaban J connectivity index is 1.50. The summed E-state index contributed by atoms with van der Waals surface area (Å²) in [5, 5.41) is 2.85. The monoisotopic (exact) mass is 325 g/mol. The summed E-state index contributed by atoms with van der Waals surface area (Å²) in [4.78, 5) is 18.9. The Morgan fingerprint density at radius 2 is 1.96 bits per heavy atom. The molecule has 0 saturated carbocycles. The van der Waals surface area contributed by atoms with Crippen LogP contribution in [0.3, 0.4) is 0 Å². The quantitative estimate of drug-likeness (QED) is 0.886. The third-order valence-corrected chi connectivity index (χ3v) is 4.16. The van der Waals surface area contributed by atoms with E-state index in [0.717, 1.165) is 24.5 Å². The molecule has 1 amide bonds.